The van der Waals surface area contributed by atoms with E-state index >= 15 is 0 Å². The third-order valence-electron chi connectivity index (χ3n) is 3.50. The van der Waals surface area contributed by atoms with Crippen molar-refractivity contribution in [3.63, 3.8) is 0 Å². The van der Waals surface area contributed by atoms with Crippen molar-refractivity contribution in [3.8, 4) is 0 Å². The van der Waals surface area contributed by atoms with Crippen LogP contribution in [0, 0.1) is 0 Å². The summed E-state index contributed by atoms with van der Waals surface area (Å²) in [6, 6.07) is 7.94. The Labute approximate surface area is 133 Å². The van der Waals surface area contributed by atoms with Crippen molar-refractivity contribution >= 4 is 17.6 Å². The minimum atomic E-state index is -0.0908. The molecule has 4 heteroatoms. The fraction of sp³-hybridized carbons (Fsp3) is 0.588. The van der Waals surface area contributed by atoms with Crippen LogP contribution in [0.25, 0.3) is 0 Å². The van der Waals surface area contributed by atoms with E-state index in [1.54, 1.807) is 0 Å². The van der Waals surface area contributed by atoms with Crippen molar-refractivity contribution in [1.82, 2.24) is 5.32 Å². The van der Waals surface area contributed by atoms with Gasteiger partial charge < -0.3 is 10.1 Å². The third kappa shape index (κ3) is 6.96. The summed E-state index contributed by atoms with van der Waals surface area (Å²) in [4.78, 5) is 11.2. The van der Waals surface area contributed by atoms with Crippen LogP contribution in [0.15, 0.2) is 24.3 Å². The Balaban J connectivity index is 2.22. The molecule has 0 amide bonds. The first kappa shape index (κ1) is 18.0. The molecule has 0 saturated heterocycles. The maximum absolute atomic E-state index is 11.2. The first-order valence-corrected chi connectivity index (χ1v) is 8.00. The van der Waals surface area contributed by atoms with Gasteiger partial charge in [-0.2, -0.15) is 0 Å². The fourth-order valence-electron chi connectivity index (χ4n) is 2.17. The Kier molecular flexibility index (Phi) is 7.76. The molecule has 0 atom stereocenters. The van der Waals surface area contributed by atoms with Crippen molar-refractivity contribution in [1.29, 1.82) is 0 Å². The van der Waals surface area contributed by atoms with Crippen molar-refractivity contribution < 1.29 is 9.53 Å². The zero-order valence-corrected chi connectivity index (χ0v) is 14.0. The Bertz CT molecular complexity index is 429. The number of esters is 1. The first-order chi connectivity index (χ1) is 9.95. The number of hydrogen-bond donors (Lipinski definition) is 1. The summed E-state index contributed by atoms with van der Waals surface area (Å²) >= 11 is 5.91. The van der Waals surface area contributed by atoms with Crippen LogP contribution >= 0.6 is 11.6 Å². The lowest BCUT2D eigenvalue weighted by atomic mass is 9.94. The van der Waals surface area contributed by atoms with Gasteiger partial charge in [0.25, 0.3) is 0 Å². The van der Waals surface area contributed by atoms with E-state index in [9.17, 15) is 4.79 Å². The summed E-state index contributed by atoms with van der Waals surface area (Å²) in [7, 11) is 0. The van der Waals surface area contributed by atoms with Crippen molar-refractivity contribution in [2.24, 2.45) is 0 Å². The van der Waals surface area contributed by atoms with Gasteiger partial charge in [-0.15, -0.1) is 0 Å². The molecule has 0 aliphatic heterocycles. The number of rotatable bonds is 9. The molecule has 0 bridgehead atoms. The van der Waals surface area contributed by atoms with Gasteiger partial charge in [-0.1, -0.05) is 30.2 Å². The highest BCUT2D eigenvalue weighted by Gasteiger charge is 2.18. The summed E-state index contributed by atoms with van der Waals surface area (Å²) in [6.45, 7) is 7.55. The van der Waals surface area contributed by atoms with Crippen molar-refractivity contribution in [2.75, 3.05) is 13.2 Å². The van der Waals surface area contributed by atoms with E-state index in [4.69, 9.17) is 16.3 Å². The summed E-state index contributed by atoms with van der Waals surface area (Å²) in [6.07, 6.45) is 3.50. The highest BCUT2D eigenvalue weighted by molar-refractivity contribution is 6.30. The van der Waals surface area contributed by atoms with Crippen molar-refractivity contribution in [2.45, 2.75) is 52.0 Å². The highest BCUT2D eigenvalue weighted by Crippen LogP contribution is 2.21. The Morgan fingerprint density at radius 1 is 1.19 bits per heavy atom. The number of hydrogen-bond acceptors (Lipinski definition) is 3. The van der Waals surface area contributed by atoms with Gasteiger partial charge in [-0.05, 0) is 57.9 Å². The number of ether oxygens (including phenoxy) is 1. The number of unbranched alkanes of at least 4 members (excludes halogenated alkanes) is 2. The van der Waals surface area contributed by atoms with E-state index in [0.29, 0.717) is 13.0 Å². The third-order valence-corrected chi connectivity index (χ3v) is 3.75. The van der Waals surface area contributed by atoms with Gasteiger partial charge in [-0.25, -0.2) is 0 Å². The molecule has 0 unspecified atom stereocenters. The summed E-state index contributed by atoms with van der Waals surface area (Å²) in [5, 5.41) is 4.31. The zero-order chi connectivity index (χ0) is 15.7. The van der Waals surface area contributed by atoms with Gasteiger partial charge in [0.2, 0.25) is 0 Å². The molecule has 118 valence electrons. The molecule has 21 heavy (non-hydrogen) atoms. The number of halogens is 1. The van der Waals surface area contributed by atoms with Gasteiger partial charge in [0.05, 0.1) is 6.61 Å². The summed E-state index contributed by atoms with van der Waals surface area (Å²) < 4.78 is 4.90. The number of nitrogens with one attached hydrogen (secondary N) is 1. The van der Waals surface area contributed by atoms with Crippen LogP contribution in [0.3, 0.4) is 0 Å². The van der Waals surface area contributed by atoms with Gasteiger partial charge >= 0.3 is 5.97 Å². The predicted octanol–water partition coefficient (Wildman–Crippen LogP) is 4.29. The predicted molar refractivity (Wildman–Crippen MR) is 87.6 cm³/mol. The standard InChI is InChI=1S/C17H26ClNO2/c1-4-21-16(20)8-6-5-7-13-19-17(2,3)14-9-11-15(18)12-10-14/h9-12,19H,4-8,13H2,1-3H3. The second kappa shape index (κ2) is 9.06. The average Bonchev–Trinajstić information content (AvgIpc) is 2.43. The minimum absolute atomic E-state index is 0.0776. The molecule has 3 nitrogen and oxygen atoms in total. The smallest absolute Gasteiger partial charge is 0.305 e. The van der Waals surface area contributed by atoms with Gasteiger partial charge in [-0.3, -0.25) is 4.79 Å². The molecule has 0 heterocycles. The van der Waals surface area contributed by atoms with E-state index in [-0.39, 0.29) is 11.5 Å². The molecule has 0 fully saturated rings. The molecule has 1 N–H and O–H groups in total. The summed E-state index contributed by atoms with van der Waals surface area (Å²) in [5.41, 5.74) is 1.14. The van der Waals surface area contributed by atoms with Crippen molar-refractivity contribution in [3.05, 3.63) is 34.9 Å². The van der Waals surface area contributed by atoms with Crippen LogP contribution in [0.5, 0.6) is 0 Å². The molecule has 0 aromatic heterocycles. The van der Waals surface area contributed by atoms with Gasteiger partial charge in [0.1, 0.15) is 0 Å². The van der Waals surface area contributed by atoms with Crippen LogP contribution in [0.4, 0.5) is 0 Å². The molecule has 0 saturated carbocycles. The van der Waals surface area contributed by atoms with E-state index < -0.39 is 0 Å². The lowest BCUT2D eigenvalue weighted by Gasteiger charge is -2.27. The maximum atomic E-state index is 11.2. The van der Waals surface area contributed by atoms with Crippen LogP contribution in [-0.2, 0) is 15.1 Å². The molecule has 1 aromatic carbocycles. The van der Waals surface area contributed by atoms with E-state index in [1.807, 2.05) is 19.1 Å². The van der Waals surface area contributed by atoms with Crippen LogP contribution in [-0.4, -0.2) is 19.1 Å². The Morgan fingerprint density at radius 2 is 1.86 bits per heavy atom. The molecule has 0 radical (unpaired) electrons. The molecule has 0 spiro atoms. The minimum Gasteiger partial charge on any atom is -0.466 e. The second-order valence-electron chi connectivity index (χ2n) is 5.67. The highest BCUT2D eigenvalue weighted by atomic mass is 35.5. The number of benzene rings is 1. The molecule has 1 aromatic rings. The Hall–Kier alpha value is -1.06. The monoisotopic (exact) mass is 311 g/mol. The zero-order valence-electron chi connectivity index (χ0n) is 13.2. The molecular weight excluding hydrogens is 286 g/mol. The topological polar surface area (TPSA) is 38.3 Å². The molecule has 0 aliphatic carbocycles. The molecular formula is C17H26ClNO2. The number of carbonyl (C=O) groups excluding carboxylic acids is 1. The Morgan fingerprint density at radius 3 is 2.48 bits per heavy atom. The van der Waals surface area contributed by atoms with Crippen LogP contribution in [0.2, 0.25) is 5.02 Å². The van der Waals surface area contributed by atoms with Crippen LogP contribution in [0.1, 0.15) is 52.0 Å². The molecule has 0 aliphatic rings. The number of carbonyl (C=O) groups is 1. The maximum Gasteiger partial charge on any atom is 0.305 e. The lowest BCUT2D eigenvalue weighted by molar-refractivity contribution is -0.143. The van der Waals surface area contributed by atoms with Gasteiger partial charge in [0.15, 0.2) is 0 Å². The SMILES string of the molecule is CCOC(=O)CCCCCNC(C)(C)c1ccc(Cl)cc1. The lowest BCUT2D eigenvalue weighted by Crippen LogP contribution is -2.37. The quantitative estimate of drug-likeness (QED) is 0.546. The second-order valence-corrected chi connectivity index (χ2v) is 6.11. The summed E-state index contributed by atoms with van der Waals surface area (Å²) in [5.74, 6) is -0.0908. The fourth-order valence-corrected chi connectivity index (χ4v) is 2.30. The van der Waals surface area contributed by atoms with E-state index in [1.165, 1.54) is 5.56 Å². The normalized spacial score (nSPS) is 11.4. The molecule has 1 rings (SSSR count). The van der Waals surface area contributed by atoms with Crippen LogP contribution < -0.4 is 5.32 Å². The largest absolute Gasteiger partial charge is 0.466 e. The average molecular weight is 312 g/mol. The van der Waals surface area contributed by atoms with E-state index in [0.717, 1.165) is 30.8 Å². The first-order valence-electron chi connectivity index (χ1n) is 7.62. The van der Waals surface area contributed by atoms with Gasteiger partial charge in [0, 0.05) is 17.0 Å². The van der Waals surface area contributed by atoms with E-state index in [2.05, 4.69) is 31.3 Å².